The topological polar surface area (TPSA) is 93.5 Å². The first-order valence-corrected chi connectivity index (χ1v) is 9.55. The molecule has 0 radical (unpaired) electrons. The number of para-hydroxylation sites is 2. The molecule has 0 saturated heterocycles. The third-order valence-electron chi connectivity index (χ3n) is 4.43. The number of benzene rings is 1. The highest BCUT2D eigenvalue weighted by molar-refractivity contribution is 8.00. The van der Waals surface area contributed by atoms with E-state index < -0.39 is 11.5 Å². The van der Waals surface area contributed by atoms with Crippen LogP contribution in [0.5, 0.6) is 5.75 Å². The molecule has 2 amide bonds. The summed E-state index contributed by atoms with van der Waals surface area (Å²) in [5, 5.41) is 6.83. The second-order valence-electron chi connectivity index (χ2n) is 6.35. The fourth-order valence-corrected chi connectivity index (χ4v) is 3.89. The number of nitrogens with one attached hydrogen (secondary N) is 1. The summed E-state index contributed by atoms with van der Waals surface area (Å²) < 4.78 is 6.30. The number of ether oxygens (including phenoxy) is 1. The van der Waals surface area contributed by atoms with E-state index in [1.54, 1.807) is 35.4 Å². The Hall–Kier alpha value is -2.81. The maximum absolute atomic E-state index is 12.9. The van der Waals surface area contributed by atoms with Crippen LogP contribution in [0.4, 0.5) is 11.4 Å². The Labute approximate surface area is 159 Å². The highest BCUT2D eigenvalue weighted by Crippen LogP contribution is 2.39. The van der Waals surface area contributed by atoms with Crippen LogP contribution in [0.25, 0.3) is 0 Å². The zero-order valence-electron chi connectivity index (χ0n) is 14.7. The van der Waals surface area contributed by atoms with Crippen LogP contribution in [0.1, 0.15) is 12.8 Å². The highest BCUT2D eigenvalue weighted by atomic mass is 32.2. The molecule has 0 spiro atoms. The second kappa shape index (κ2) is 7.07. The molecular weight excluding hydrogens is 368 g/mol. The molecule has 1 aliphatic carbocycles. The molecule has 140 valence electrons. The average Bonchev–Trinajstić information content (AvgIpc) is 3.49. The summed E-state index contributed by atoms with van der Waals surface area (Å²) in [6, 6.07) is 7.10. The Balaban J connectivity index is 1.59. The number of amides is 2. The van der Waals surface area contributed by atoms with E-state index in [9.17, 15) is 14.4 Å². The molecule has 0 unspecified atom stereocenters. The molecule has 1 saturated carbocycles. The minimum absolute atomic E-state index is 0.0664. The molecule has 2 aromatic rings. The van der Waals surface area contributed by atoms with E-state index in [1.165, 1.54) is 18.9 Å². The van der Waals surface area contributed by atoms with Crippen molar-refractivity contribution in [2.45, 2.75) is 30.3 Å². The standard InChI is InChI=1S/C18H18N4O4S/c1-26-13-5-3-2-4-12(13)20-15(23)9-21-18(25)17-14(8-19-21)27-10-16(24)22(17)11-6-7-11/h2-5,8,11H,6-7,9-10H2,1H3,(H,20,23). The van der Waals surface area contributed by atoms with Gasteiger partial charge in [-0.15, -0.1) is 11.8 Å². The summed E-state index contributed by atoms with van der Waals surface area (Å²) in [5.74, 6) is 0.367. The third kappa shape index (κ3) is 3.42. The van der Waals surface area contributed by atoms with Crippen molar-refractivity contribution in [2.24, 2.45) is 0 Å². The third-order valence-corrected chi connectivity index (χ3v) is 5.43. The molecule has 1 aromatic heterocycles. The van der Waals surface area contributed by atoms with E-state index in [1.807, 2.05) is 0 Å². The van der Waals surface area contributed by atoms with Gasteiger partial charge in [-0.05, 0) is 25.0 Å². The highest BCUT2D eigenvalue weighted by Gasteiger charge is 2.39. The summed E-state index contributed by atoms with van der Waals surface area (Å²) in [7, 11) is 1.52. The van der Waals surface area contributed by atoms with Crippen LogP contribution >= 0.6 is 11.8 Å². The molecule has 0 bridgehead atoms. The van der Waals surface area contributed by atoms with E-state index in [4.69, 9.17) is 4.74 Å². The number of rotatable bonds is 5. The van der Waals surface area contributed by atoms with Gasteiger partial charge in [-0.25, -0.2) is 4.68 Å². The van der Waals surface area contributed by atoms with Gasteiger partial charge in [0.25, 0.3) is 5.56 Å². The van der Waals surface area contributed by atoms with Crippen molar-refractivity contribution in [1.29, 1.82) is 0 Å². The fourth-order valence-electron chi connectivity index (χ4n) is 3.03. The summed E-state index contributed by atoms with van der Waals surface area (Å²) in [6.07, 6.45) is 3.34. The van der Waals surface area contributed by atoms with Crippen LogP contribution in [-0.2, 0) is 16.1 Å². The molecule has 1 fully saturated rings. The number of fused-ring (bicyclic) bond motifs is 1. The molecule has 1 N–H and O–H groups in total. The number of anilines is 2. The van der Waals surface area contributed by atoms with Crippen LogP contribution < -0.4 is 20.5 Å². The minimum atomic E-state index is -0.421. The predicted molar refractivity (Wildman–Crippen MR) is 101 cm³/mol. The van der Waals surface area contributed by atoms with Crippen molar-refractivity contribution >= 4 is 35.0 Å². The van der Waals surface area contributed by atoms with Crippen LogP contribution in [-0.4, -0.2) is 40.5 Å². The number of carbonyl (C=O) groups excluding carboxylic acids is 2. The Bertz CT molecular complexity index is 970. The van der Waals surface area contributed by atoms with Gasteiger partial charge in [0.1, 0.15) is 18.0 Å². The van der Waals surface area contributed by atoms with Gasteiger partial charge in [0.2, 0.25) is 11.8 Å². The van der Waals surface area contributed by atoms with E-state index in [-0.39, 0.29) is 18.5 Å². The van der Waals surface area contributed by atoms with Crippen molar-refractivity contribution in [2.75, 3.05) is 23.1 Å². The average molecular weight is 386 g/mol. The van der Waals surface area contributed by atoms with Gasteiger partial charge in [-0.3, -0.25) is 14.4 Å². The molecule has 0 atom stereocenters. The van der Waals surface area contributed by atoms with Crippen molar-refractivity contribution in [3.63, 3.8) is 0 Å². The summed E-state index contributed by atoms with van der Waals surface area (Å²) in [4.78, 5) is 39.9. The molecule has 2 aliphatic rings. The fraction of sp³-hybridized carbons (Fsp3) is 0.333. The molecule has 8 nitrogen and oxygen atoms in total. The molecule has 27 heavy (non-hydrogen) atoms. The van der Waals surface area contributed by atoms with Gasteiger partial charge in [-0.1, -0.05) is 12.1 Å². The van der Waals surface area contributed by atoms with Crippen LogP contribution in [0.15, 0.2) is 40.2 Å². The largest absolute Gasteiger partial charge is 0.495 e. The number of nitrogens with zero attached hydrogens (tertiary/aromatic N) is 3. The lowest BCUT2D eigenvalue weighted by molar-refractivity contribution is -0.117. The number of thioether (sulfide) groups is 1. The van der Waals surface area contributed by atoms with Gasteiger partial charge < -0.3 is 15.0 Å². The number of hydrogen-bond acceptors (Lipinski definition) is 6. The van der Waals surface area contributed by atoms with Crippen LogP contribution in [0, 0.1) is 0 Å². The first-order chi connectivity index (χ1) is 13.1. The molecule has 1 aliphatic heterocycles. The Morgan fingerprint density at radius 3 is 2.85 bits per heavy atom. The molecule has 1 aromatic carbocycles. The van der Waals surface area contributed by atoms with Gasteiger partial charge in [-0.2, -0.15) is 5.10 Å². The first kappa shape index (κ1) is 17.6. The Morgan fingerprint density at radius 2 is 2.11 bits per heavy atom. The first-order valence-electron chi connectivity index (χ1n) is 8.56. The zero-order valence-corrected chi connectivity index (χ0v) is 15.5. The van der Waals surface area contributed by atoms with Crippen molar-refractivity contribution < 1.29 is 14.3 Å². The summed E-state index contributed by atoms with van der Waals surface area (Å²) in [6.45, 7) is -0.248. The smallest absolute Gasteiger partial charge is 0.292 e. The lowest BCUT2D eigenvalue weighted by Gasteiger charge is -2.28. The number of methoxy groups -OCH3 is 1. The van der Waals surface area contributed by atoms with Gasteiger partial charge >= 0.3 is 0 Å². The van der Waals surface area contributed by atoms with E-state index in [0.717, 1.165) is 17.5 Å². The monoisotopic (exact) mass is 386 g/mol. The van der Waals surface area contributed by atoms with Crippen LogP contribution in [0.2, 0.25) is 0 Å². The molecular formula is C18H18N4O4S. The van der Waals surface area contributed by atoms with Crippen molar-refractivity contribution in [3.8, 4) is 5.75 Å². The van der Waals surface area contributed by atoms with Gasteiger partial charge in [0, 0.05) is 6.04 Å². The Morgan fingerprint density at radius 1 is 1.33 bits per heavy atom. The molecule has 2 heterocycles. The maximum atomic E-state index is 12.9. The van der Waals surface area contributed by atoms with Gasteiger partial charge in [0.05, 0.1) is 29.6 Å². The van der Waals surface area contributed by atoms with E-state index >= 15 is 0 Å². The SMILES string of the molecule is COc1ccccc1NC(=O)Cn1ncc2c(c1=O)N(C1CC1)C(=O)CS2. The predicted octanol–water partition coefficient (Wildman–Crippen LogP) is 1.49. The van der Waals surface area contributed by atoms with E-state index in [0.29, 0.717) is 27.8 Å². The number of hydrogen-bond donors (Lipinski definition) is 1. The Kier molecular flexibility index (Phi) is 4.61. The summed E-state index contributed by atoms with van der Waals surface area (Å²) >= 11 is 1.31. The molecule has 9 heteroatoms. The zero-order chi connectivity index (χ0) is 19.0. The van der Waals surface area contributed by atoms with Crippen molar-refractivity contribution in [1.82, 2.24) is 9.78 Å². The lowest BCUT2D eigenvalue weighted by Crippen LogP contribution is -2.43. The molecule has 4 rings (SSSR count). The number of carbonyl (C=O) groups is 2. The van der Waals surface area contributed by atoms with E-state index in [2.05, 4.69) is 10.4 Å². The maximum Gasteiger partial charge on any atom is 0.292 e. The van der Waals surface area contributed by atoms with Gasteiger partial charge in [0.15, 0.2) is 0 Å². The number of aromatic nitrogens is 2. The van der Waals surface area contributed by atoms with Crippen LogP contribution in [0.3, 0.4) is 0 Å². The minimum Gasteiger partial charge on any atom is -0.495 e. The van der Waals surface area contributed by atoms with Crippen molar-refractivity contribution in [3.05, 3.63) is 40.8 Å². The second-order valence-corrected chi connectivity index (χ2v) is 7.37. The normalized spacial score (nSPS) is 16.0. The lowest BCUT2D eigenvalue weighted by atomic mass is 10.3. The quantitative estimate of drug-likeness (QED) is 0.837. The summed E-state index contributed by atoms with van der Waals surface area (Å²) in [5.41, 5.74) is 0.440.